The number of carbonyl (C=O) groups excluding carboxylic acids is 2. The largest absolute Gasteiger partial charge is 0.486 e. The molecule has 140 valence electrons. The van der Waals surface area contributed by atoms with E-state index >= 15 is 0 Å². The number of anilines is 2. The maximum absolute atomic E-state index is 12.6. The van der Waals surface area contributed by atoms with Gasteiger partial charge in [0, 0.05) is 23.9 Å². The molecule has 0 aromatic heterocycles. The summed E-state index contributed by atoms with van der Waals surface area (Å²) in [6, 6.07) is 13.2. The molecule has 1 atom stereocenters. The summed E-state index contributed by atoms with van der Waals surface area (Å²) in [6.45, 7) is 2.85. The Bertz CT molecular complexity index is 886. The molecule has 2 aromatic carbocycles. The first-order valence-electron chi connectivity index (χ1n) is 8.89. The Morgan fingerprint density at radius 2 is 2.00 bits per heavy atom. The molecule has 2 aliphatic rings. The van der Waals surface area contributed by atoms with Crippen LogP contribution < -0.4 is 19.7 Å². The fraction of sp³-hybridized carbons (Fsp3) is 0.300. The van der Waals surface area contributed by atoms with E-state index in [0.717, 1.165) is 16.9 Å². The summed E-state index contributed by atoms with van der Waals surface area (Å²) in [5.74, 6) is 1.77. The average Bonchev–Trinajstić information content (AvgIpc) is 3.09. The molecule has 1 N–H and O–H groups in total. The van der Waals surface area contributed by atoms with Crippen LogP contribution in [0.3, 0.4) is 0 Å². The number of benzene rings is 2. The van der Waals surface area contributed by atoms with Gasteiger partial charge in [-0.1, -0.05) is 19.1 Å². The molecule has 0 bridgehead atoms. The molecule has 7 heteroatoms. The van der Waals surface area contributed by atoms with Crippen LogP contribution >= 0.6 is 11.8 Å². The molecule has 27 heavy (non-hydrogen) atoms. The number of hydrogen-bond acceptors (Lipinski definition) is 5. The fourth-order valence-electron chi connectivity index (χ4n) is 3.15. The van der Waals surface area contributed by atoms with Crippen molar-refractivity contribution in [1.29, 1.82) is 0 Å². The first-order valence-corrected chi connectivity index (χ1v) is 9.93. The van der Waals surface area contributed by atoms with Gasteiger partial charge in [-0.3, -0.25) is 14.5 Å². The molecule has 0 aliphatic carbocycles. The molecule has 2 heterocycles. The minimum atomic E-state index is -0.154. The monoisotopic (exact) mass is 384 g/mol. The van der Waals surface area contributed by atoms with E-state index in [-0.39, 0.29) is 17.2 Å². The van der Waals surface area contributed by atoms with Gasteiger partial charge in [-0.25, -0.2) is 0 Å². The Balaban J connectivity index is 1.64. The average molecular weight is 384 g/mol. The third kappa shape index (κ3) is 3.60. The van der Waals surface area contributed by atoms with Gasteiger partial charge in [0.25, 0.3) is 0 Å². The smallest absolute Gasteiger partial charge is 0.238 e. The highest BCUT2D eigenvalue weighted by molar-refractivity contribution is 8.00. The highest BCUT2D eigenvalue weighted by Gasteiger charge is 2.34. The molecule has 0 spiro atoms. The lowest BCUT2D eigenvalue weighted by Crippen LogP contribution is -2.28. The van der Waals surface area contributed by atoms with Crippen molar-refractivity contribution < 1.29 is 19.1 Å². The van der Waals surface area contributed by atoms with Crippen molar-refractivity contribution in [2.75, 3.05) is 29.2 Å². The number of hydrogen-bond donors (Lipinski definition) is 1. The number of nitrogens with one attached hydrogen (secondary N) is 1. The van der Waals surface area contributed by atoms with E-state index in [4.69, 9.17) is 9.47 Å². The second kappa shape index (κ2) is 7.52. The van der Waals surface area contributed by atoms with Crippen LogP contribution in [0.2, 0.25) is 0 Å². The molecule has 2 amide bonds. The van der Waals surface area contributed by atoms with Crippen LogP contribution in [0.5, 0.6) is 11.5 Å². The van der Waals surface area contributed by atoms with Crippen LogP contribution in [-0.2, 0) is 9.59 Å². The summed E-state index contributed by atoms with van der Waals surface area (Å²) in [6.07, 6.45) is 0.421. The molecule has 0 saturated carbocycles. The molecule has 0 unspecified atom stereocenters. The second-order valence-electron chi connectivity index (χ2n) is 6.28. The van der Waals surface area contributed by atoms with Gasteiger partial charge < -0.3 is 14.8 Å². The lowest BCUT2D eigenvalue weighted by Gasteiger charge is -2.26. The van der Waals surface area contributed by atoms with E-state index in [9.17, 15) is 9.59 Å². The second-order valence-corrected chi connectivity index (χ2v) is 7.35. The Morgan fingerprint density at radius 1 is 1.19 bits per heavy atom. The standard InChI is InChI=1S/C20H20N2O4S/c1-2-18(23)21-14-5-3-4-13(10-14)20-22(19(24)12-27-20)15-6-7-16-17(11-15)26-9-8-25-16/h3-7,10-11,20H,2,8-9,12H2,1H3,(H,21,23)/t20-/m1/s1. The van der Waals surface area contributed by atoms with E-state index in [0.29, 0.717) is 36.9 Å². The summed E-state index contributed by atoms with van der Waals surface area (Å²) in [5, 5.41) is 2.72. The number of amides is 2. The molecule has 1 fully saturated rings. The van der Waals surface area contributed by atoms with E-state index in [1.54, 1.807) is 16.7 Å². The van der Waals surface area contributed by atoms with Crippen molar-refractivity contribution in [3.8, 4) is 11.5 Å². The van der Waals surface area contributed by atoms with Gasteiger partial charge in [0.05, 0.1) is 5.75 Å². The van der Waals surface area contributed by atoms with Gasteiger partial charge in [-0.05, 0) is 29.8 Å². The fourth-order valence-corrected chi connectivity index (χ4v) is 4.32. The Hall–Kier alpha value is -2.67. The minimum absolute atomic E-state index is 0.0361. The summed E-state index contributed by atoms with van der Waals surface area (Å²) in [7, 11) is 0. The van der Waals surface area contributed by atoms with Crippen molar-refractivity contribution in [2.45, 2.75) is 18.7 Å². The number of nitrogens with zero attached hydrogens (tertiary/aromatic N) is 1. The quantitative estimate of drug-likeness (QED) is 0.873. The SMILES string of the molecule is CCC(=O)Nc1cccc([C@H]2SCC(=O)N2c2ccc3c(c2)OCCO3)c1. The number of thioether (sulfide) groups is 1. The van der Waals surface area contributed by atoms with Gasteiger partial charge in [0.15, 0.2) is 11.5 Å². The number of carbonyl (C=O) groups is 2. The molecule has 4 rings (SSSR count). The third-order valence-corrected chi connectivity index (χ3v) is 5.66. The van der Waals surface area contributed by atoms with Gasteiger partial charge in [-0.15, -0.1) is 11.8 Å². The van der Waals surface area contributed by atoms with E-state index in [1.165, 1.54) is 0 Å². The number of ether oxygens (including phenoxy) is 2. The number of fused-ring (bicyclic) bond motifs is 1. The minimum Gasteiger partial charge on any atom is -0.486 e. The summed E-state index contributed by atoms with van der Waals surface area (Å²) in [4.78, 5) is 26.1. The van der Waals surface area contributed by atoms with E-state index < -0.39 is 0 Å². The Kier molecular flexibility index (Phi) is 4.94. The van der Waals surface area contributed by atoms with Crippen LogP contribution in [0.15, 0.2) is 42.5 Å². The predicted molar refractivity (Wildman–Crippen MR) is 105 cm³/mol. The molecular formula is C20H20N2O4S. The Morgan fingerprint density at radius 3 is 2.81 bits per heavy atom. The van der Waals surface area contributed by atoms with Gasteiger partial charge >= 0.3 is 0 Å². The molecular weight excluding hydrogens is 364 g/mol. The van der Waals surface area contributed by atoms with Gasteiger partial charge in [0.2, 0.25) is 11.8 Å². The van der Waals surface area contributed by atoms with Crippen molar-refractivity contribution >= 4 is 35.0 Å². The van der Waals surface area contributed by atoms with E-state index in [1.807, 2.05) is 49.4 Å². The molecule has 1 saturated heterocycles. The molecule has 2 aromatic rings. The normalized spacial score (nSPS) is 18.5. The topological polar surface area (TPSA) is 67.9 Å². The first-order chi connectivity index (χ1) is 13.2. The molecule has 0 radical (unpaired) electrons. The number of rotatable bonds is 4. The van der Waals surface area contributed by atoms with E-state index in [2.05, 4.69) is 5.32 Å². The van der Waals surface area contributed by atoms with Crippen molar-refractivity contribution in [3.05, 3.63) is 48.0 Å². The van der Waals surface area contributed by atoms with Crippen LogP contribution in [0, 0.1) is 0 Å². The lowest BCUT2D eigenvalue weighted by atomic mass is 10.1. The van der Waals surface area contributed by atoms with Crippen molar-refractivity contribution in [1.82, 2.24) is 0 Å². The zero-order chi connectivity index (χ0) is 18.8. The molecule has 6 nitrogen and oxygen atoms in total. The van der Waals surface area contributed by atoms with Crippen LogP contribution in [0.25, 0.3) is 0 Å². The lowest BCUT2D eigenvalue weighted by molar-refractivity contribution is -0.116. The van der Waals surface area contributed by atoms with Crippen molar-refractivity contribution in [2.24, 2.45) is 0 Å². The van der Waals surface area contributed by atoms with Crippen molar-refractivity contribution in [3.63, 3.8) is 0 Å². The first kappa shape index (κ1) is 17.7. The highest BCUT2D eigenvalue weighted by Crippen LogP contribution is 2.44. The summed E-state index contributed by atoms with van der Waals surface area (Å²) < 4.78 is 11.2. The molecule has 2 aliphatic heterocycles. The van der Waals surface area contributed by atoms with Gasteiger partial charge in [-0.2, -0.15) is 0 Å². The predicted octanol–water partition coefficient (Wildman–Crippen LogP) is 3.58. The van der Waals surface area contributed by atoms with Crippen LogP contribution in [-0.4, -0.2) is 30.8 Å². The van der Waals surface area contributed by atoms with Gasteiger partial charge in [0.1, 0.15) is 18.6 Å². The zero-order valence-corrected chi connectivity index (χ0v) is 15.8. The summed E-state index contributed by atoms with van der Waals surface area (Å²) >= 11 is 1.57. The Labute approximate surface area is 161 Å². The van der Waals surface area contributed by atoms with Crippen LogP contribution in [0.4, 0.5) is 11.4 Å². The summed E-state index contributed by atoms with van der Waals surface area (Å²) in [5.41, 5.74) is 2.48. The van der Waals surface area contributed by atoms with Crippen LogP contribution in [0.1, 0.15) is 24.3 Å². The highest BCUT2D eigenvalue weighted by atomic mass is 32.2. The maximum Gasteiger partial charge on any atom is 0.238 e. The maximum atomic E-state index is 12.6. The zero-order valence-electron chi connectivity index (χ0n) is 14.9. The third-order valence-electron chi connectivity index (χ3n) is 4.45.